The lowest BCUT2D eigenvalue weighted by Gasteiger charge is -2.07. The topological polar surface area (TPSA) is 43.6 Å². The number of aromatic nitrogens is 2. The maximum atomic E-state index is 12.0. The third-order valence-corrected chi connectivity index (χ3v) is 4.67. The third-order valence-electron chi connectivity index (χ3n) is 3.65. The van der Waals surface area contributed by atoms with Gasteiger partial charge in [-0.25, -0.2) is 0 Å². The molecule has 0 atom stereocenters. The van der Waals surface area contributed by atoms with Crippen molar-refractivity contribution in [1.82, 2.24) is 9.38 Å². The zero-order valence-corrected chi connectivity index (χ0v) is 13.3. The molecule has 0 aliphatic carbocycles. The molecule has 4 rings (SSSR count). The van der Waals surface area contributed by atoms with Crippen molar-refractivity contribution in [3.8, 4) is 17.0 Å². The van der Waals surface area contributed by atoms with Gasteiger partial charge in [-0.15, -0.1) is 0 Å². The van der Waals surface area contributed by atoms with Gasteiger partial charge in [0.25, 0.3) is 5.56 Å². The average Bonchev–Trinajstić information content (AvgIpc) is 2.92. The van der Waals surface area contributed by atoms with Crippen molar-refractivity contribution in [1.29, 1.82) is 0 Å². The van der Waals surface area contributed by atoms with E-state index in [4.69, 9.17) is 4.74 Å². The lowest BCUT2D eigenvalue weighted by atomic mass is 10.1. The van der Waals surface area contributed by atoms with E-state index in [0.29, 0.717) is 11.6 Å². The van der Waals surface area contributed by atoms with E-state index in [1.54, 1.807) is 6.07 Å². The predicted molar refractivity (Wildman–Crippen MR) is 93.5 cm³/mol. The highest BCUT2D eigenvalue weighted by molar-refractivity contribution is 7.23. The number of nitrogens with zero attached hydrogens (tertiary/aromatic N) is 2. The predicted octanol–water partition coefficient (Wildman–Crippen LogP) is 3.97. The van der Waals surface area contributed by atoms with E-state index in [9.17, 15) is 4.79 Å². The molecule has 4 nitrogen and oxygen atoms in total. The normalized spacial score (nSPS) is 11.2. The Hall–Kier alpha value is -2.66. The number of benzene rings is 2. The molecule has 2 aromatic heterocycles. The first-order chi connectivity index (χ1) is 11.3. The van der Waals surface area contributed by atoms with Gasteiger partial charge in [-0.2, -0.15) is 4.98 Å². The number of ether oxygens (including phenoxy) is 1. The highest BCUT2D eigenvalue weighted by atomic mass is 32.1. The second kappa shape index (κ2) is 5.52. The smallest absolute Gasteiger partial charge is 0.274 e. The second-order valence-electron chi connectivity index (χ2n) is 5.13. The van der Waals surface area contributed by atoms with Crippen molar-refractivity contribution >= 4 is 26.5 Å². The van der Waals surface area contributed by atoms with Crippen LogP contribution >= 0.6 is 11.3 Å². The molecule has 0 saturated carbocycles. The average molecular weight is 322 g/mol. The van der Waals surface area contributed by atoms with E-state index >= 15 is 0 Å². The Kier molecular flexibility index (Phi) is 3.35. The van der Waals surface area contributed by atoms with Gasteiger partial charge in [-0.1, -0.05) is 41.7 Å². The van der Waals surface area contributed by atoms with E-state index in [1.807, 2.05) is 59.9 Å². The molecule has 0 spiro atoms. The summed E-state index contributed by atoms with van der Waals surface area (Å²) in [5, 5.41) is 0. The van der Waals surface area contributed by atoms with Crippen molar-refractivity contribution in [2.75, 3.05) is 6.61 Å². The Morgan fingerprint density at radius 1 is 1.13 bits per heavy atom. The van der Waals surface area contributed by atoms with Crippen LogP contribution in [0, 0.1) is 0 Å². The molecule has 5 heteroatoms. The summed E-state index contributed by atoms with van der Waals surface area (Å²) in [5.41, 5.74) is 2.62. The molecule has 0 bridgehead atoms. The molecule has 0 amide bonds. The van der Waals surface area contributed by atoms with Gasteiger partial charge in [0, 0.05) is 12.1 Å². The number of thiazole rings is 1. The van der Waals surface area contributed by atoms with E-state index in [-0.39, 0.29) is 5.56 Å². The summed E-state index contributed by atoms with van der Waals surface area (Å²) >= 11 is 1.51. The lowest BCUT2D eigenvalue weighted by molar-refractivity contribution is 0.340. The Balaban J connectivity index is 2.10. The molecule has 0 aliphatic rings. The Labute approximate surface area is 136 Å². The number of hydrogen-bond acceptors (Lipinski definition) is 4. The molecule has 0 saturated heterocycles. The molecule has 0 N–H and O–H groups in total. The quantitative estimate of drug-likeness (QED) is 0.573. The van der Waals surface area contributed by atoms with Gasteiger partial charge in [0.2, 0.25) is 0 Å². The molecular formula is C18H14N2O2S. The summed E-state index contributed by atoms with van der Waals surface area (Å²) in [6.45, 7) is 2.58. The van der Waals surface area contributed by atoms with E-state index in [1.165, 1.54) is 11.3 Å². The molecule has 0 fully saturated rings. The maximum Gasteiger partial charge on any atom is 0.274 e. The van der Waals surface area contributed by atoms with Crippen LogP contribution in [0.4, 0.5) is 0 Å². The van der Waals surface area contributed by atoms with Gasteiger partial charge < -0.3 is 4.74 Å². The van der Waals surface area contributed by atoms with Crippen molar-refractivity contribution in [3.05, 3.63) is 65.0 Å². The van der Waals surface area contributed by atoms with Crippen molar-refractivity contribution in [2.24, 2.45) is 0 Å². The van der Waals surface area contributed by atoms with Crippen LogP contribution in [0.5, 0.6) is 5.75 Å². The van der Waals surface area contributed by atoms with Gasteiger partial charge in [0.1, 0.15) is 5.75 Å². The SMILES string of the molecule is CCOc1ccc2sc3nc(=O)cc(-c4ccccc4)n3c2c1. The third kappa shape index (κ3) is 2.39. The highest BCUT2D eigenvalue weighted by Crippen LogP contribution is 2.31. The molecule has 0 unspecified atom stereocenters. The van der Waals surface area contributed by atoms with Crippen molar-refractivity contribution in [3.63, 3.8) is 0 Å². The van der Waals surface area contributed by atoms with Gasteiger partial charge in [-0.3, -0.25) is 9.20 Å². The molecule has 0 aliphatic heterocycles. The van der Waals surface area contributed by atoms with Gasteiger partial charge in [0.05, 0.1) is 22.5 Å². The first kappa shape index (κ1) is 14.0. The Bertz CT molecular complexity index is 1050. The highest BCUT2D eigenvalue weighted by Gasteiger charge is 2.12. The van der Waals surface area contributed by atoms with Crippen molar-refractivity contribution < 1.29 is 4.74 Å². The minimum Gasteiger partial charge on any atom is -0.494 e. The summed E-state index contributed by atoms with van der Waals surface area (Å²) < 4.78 is 8.71. The minimum atomic E-state index is -0.222. The summed E-state index contributed by atoms with van der Waals surface area (Å²) in [6.07, 6.45) is 0. The molecular weight excluding hydrogens is 308 g/mol. The molecule has 2 aromatic carbocycles. The minimum absolute atomic E-state index is 0.222. The van der Waals surface area contributed by atoms with Crippen LogP contribution < -0.4 is 10.3 Å². The zero-order chi connectivity index (χ0) is 15.8. The summed E-state index contributed by atoms with van der Waals surface area (Å²) in [7, 11) is 0. The largest absolute Gasteiger partial charge is 0.494 e. The fraction of sp³-hybridized carbons (Fsp3) is 0.111. The molecule has 114 valence electrons. The first-order valence-electron chi connectivity index (χ1n) is 7.41. The lowest BCUT2D eigenvalue weighted by Crippen LogP contribution is -2.08. The van der Waals surface area contributed by atoms with E-state index in [2.05, 4.69) is 4.98 Å². The fourth-order valence-electron chi connectivity index (χ4n) is 2.70. The molecule has 23 heavy (non-hydrogen) atoms. The molecule has 0 radical (unpaired) electrons. The van der Waals surface area contributed by atoms with Crippen molar-refractivity contribution in [2.45, 2.75) is 6.92 Å². The van der Waals surface area contributed by atoms with Crippen LogP contribution in [-0.4, -0.2) is 16.0 Å². The summed E-state index contributed by atoms with van der Waals surface area (Å²) in [4.78, 5) is 16.8. The maximum absolute atomic E-state index is 12.0. The summed E-state index contributed by atoms with van der Waals surface area (Å²) in [5.74, 6) is 0.817. The van der Waals surface area contributed by atoms with Crippen LogP contribution in [0.15, 0.2) is 59.4 Å². The van der Waals surface area contributed by atoms with Gasteiger partial charge in [0.15, 0.2) is 4.96 Å². The number of rotatable bonds is 3. The van der Waals surface area contributed by atoms with Gasteiger partial charge in [-0.05, 0) is 24.6 Å². The Morgan fingerprint density at radius 2 is 1.96 bits per heavy atom. The van der Waals surface area contributed by atoms with Crippen LogP contribution in [0.1, 0.15) is 6.92 Å². The van der Waals surface area contributed by atoms with E-state index < -0.39 is 0 Å². The molecule has 2 heterocycles. The van der Waals surface area contributed by atoms with Crippen LogP contribution in [0.3, 0.4) is 0 Å². The van der Waals surface area contributed by atoms with Crippen LogP contribution in [0.2, 0.25) is 0 Å². The van der Waals surface area contributed by atoms with Gasteiger partial charge >= 0.3 is 0 Å². The first-order valence-corrected chi connectivity index (χ1v) is 8.22. The fourth-order valence-corrected chi connectivity index (χ4v) is 3.71. The number of hydrogen-bond donors (Lipinski definition) is 0. The molecule has 4 aromatic rings. The van der Waals surface area contributed by atoms with Crippen LogP contribution in [0.25, 0.3) is 26.4 Å². The standard InChI is InChI=1S/C18H14N2O2S/c1-2-22-13-8-9-16-15(10-13)20-14(12-6-4-3-5-7-12)11-17(21)19-18(20)23-16/h3-11H,2H2,1H3. The summed E-state index contributed by atoms with van der Waals surface area (Å²) in [6, 6.07) is 17.4. The zero-order valence-electron chi connectivity index (χ0n) is 12.5. The van der Waals surface area contributed by atoms with Crippen LogP contribution in [-0.2, 0) is 0 Å². The van der Waals surface area contributed by atoms with E-state index in [0.717, 1.165) is 27.2 Å². The second-order valence-corrected chi connectivity index (χ2v) is 6.14. The monoisotopic (exact) mass is 322 g/mol. The Morgan fingerprint density at radius 3 is 2.74 bits per heavy atom. The number of fused-ring (bicyclic) bond motifs is 3.